The lowest BCUT2D eigenvalue weighted by molar-refractivity contribution is 0.434. The molecule has 0 saturated heterocycles. The summed E-state index contributed by atoms with van der Waals surface area (Å²) < 4.78 is 0. The fourth-order valence-corrected chi connectivity index (χ4v) is 0.513. The molecular formula is C8H12N4O2. The molecule has 0 unspecified atom stereocenters. The van der Waals surface area contributed by atoms with Crippen molar-refractivity contribution in [1.82, 2.24) is 0 Å². The highest BCUT2D eigenvalue weighted by Gasteiger charge is 2.19. The highest BCUT2D eigenvalue weighted by atomic mass is 16.1. The van der Waals surface area contributed by atoms with Crippen LogP contribution in [-0.2, 0) is 9.59 Å². The van der Waals surface area contributed by atoms with Crippen molar-refractivity contribution in [2.24, 2.45) is 20.2 Å². The van der Waals surface area contributed by atoms with Gasteiger partial charge in [0.2, 0.25) is 12.2 Å². The third-order valence-corrected chi connectivity index (χ3v) is 1.18. The third kappa shape index (κ3) is 5.09. The molecule has 0 spiro atoms. The van der Waals surface area contributed by atoms with E-state index < -0.39 is 11.3 Å². The summed E-state index contributed by atoms with van der Waals surface area (Å²) in [5.41, 5.74) is -1.95. The molecule has 0 bridgehead atoms. The van der Waals surface area contributed by atoms with Crippen LogP contribution in [0.2, 0.25) is 0 Å². The van der Waals surface area contributed by atoms with Crippen molar-refractivity contribution < 1.29 is 9.59 Å². The number of hydrogen-bond acceptors (Lipinski definition) is 6. The second-order valence-electron chi connectivity index (χ2n) is 3.60. The van der Waals surface area contributed by atoms with Crippen molar-refractivity contribution in [1.29, 1.82) is 0 Å². The first-order valence-corrected chi connectivity index (χ1v) is 3.95. The van der Waals surface area contributed by atoms with E-state index in [-0.39, 0.29) is 0 Å². The summed E-state index contributed by atoms with van der Waals surface area (Å²) in [5, 5.41) is 7.52. The molecule has 0 atom stereocenters. The molecule has 0 aromatic rings. The summed E-state index contributed by atoms with van der Waals surface area (Å²) in [5.74, 6) is 0. The van der Waals surface area contributed by atoms with Crippen LogP contribution in [0, 0.1) is 0 Å². The molecule has 0 aromatic heterocycles. The Morgan fingerprint density at radius 1 is 0.786 bits per heavy atom. The van der Waals surface area contributed by atoms with E-state index in [2.05, 4.69) is 20.2 Å². The van der Waals surface area contributed by atoms with Crippen molar-refractivity contribution in [3.63, 3.8) is 0 Å². The van der Waals surface area contributed by atoms with Crippen LogP contribution >= 0.6 is 0 Å². The van der Waals surface area contributed by atoms with Gasteiger partial charge in [-0.05, 0) is 27.7 Å². The molecule has 0 N–H and O–H groups in total. The predicted octanol–water partition coefficient (Wildman–Crippen LogP) is 1.58. The first-order valence-electron chi connectivity index (χ1n) is 3.95. The Morgan fingerprint density at radius 2 is 1.07 bits per heavy atom. The maximum Gasteiger partial charge on any atom is 0.237 e. The summed E-state index contributed by atoms with van der Waals surface area (Å²) >= 11 is 0. The second kappa shape index (κ2) is 4.56. The molecule has 0 aliphatic rings. The minimum absolute atomic E-state index is 0.975. The van der Waals surface area contributed by atoms with Gasteiger partial charge < -0.3 is 0 Å². The minimum Gasteiger partial charge on any atom is -0.211 e. The van der Waals surface area contributed by atoms with E-state index in [9.17, 15) is 9.59 Å². The normalized spacial score (nSPS) is 12.0. The molecule has 0 aliphatic heterocycles. The van der Waals surface area contributed by atoms with Gasteiger partial charge in [0.15, 0.2) is 11.3 Å². The van der Waals surface area contributed by atoms with E-state index in [0.29, 0.717) is 0 Å². The Hall–Kier alpha value is -1.64. The largest absolute Gasteiger partial charge is 0.237 e. The van der Waals surface area contributed by atoms with Crippen molar-refractivity contribution in [2.45, 2.75) is 39.0 Å². The van der Waals surface area contributed by atoms with Gasteiger partial charge in [0.25, 0.3) is 0 Å². The maximum atomic E-state index is 9.99. The predicted molar refractivity (Wildman–Crippen MR) is 49.3 cm³/mol. The van der Waals surface area contributed by atoms with E-state index in [0.717, 1.165) is 0 Å². The topological polar surface area (TPSA) is 83.6 Å². The Labute approximate surface area is 81.9 Å². The molecule has 0 radical (unpaired) electrons. The molecule has 0 aromatic carbocycles. The van der Waals surface area contributed by atoms with Crippen LogP contribution in [0.5, 0.6) is 0 Å². The van der Waals surface area contributed by atoms with Gasteiger partial charge in [-0.15, -0.1) is 0 Å². The van der Waals surface area contributed by atoms with Crippen LogP contribution in [0.1, 0.15) is 27.7 Å². The average molecular weight is 196 g/mol. The maximum absolute atomic E-state index is 9.99. The van der Waals surface area contributed by atoms with Gasteiger partial charge >= 0.3 is 0 Å². The van der Waals surface area contributed by atoms with E-state index in [4.69, 9.17) is 0 Å². The van der Waals surface area contributed by atoms with Crippen LogP contribution in [0.15, 0.2) is 20.2 Å². The van der Waals surface area contributed by atoms with Crippen LogP contribution < -0.4 is 0 Å². The number of hydrogen-bond donors (Lipinski definition) is 0. The molecule has 0 heterocycles. The average Bonchev–Trinajstić information content (AvgIpc) is 2.01. The van der Waals surface area contributed by atoms with Gasteiger partial charge in [0, 0.05) is 0 Å². The summed E-state index contributed by atoms with van der Waals surface area (Å²) in [7, 11) is 0. The lowest BCUT2D eigenvalue weighted by atomic mass is 10.3. The minimum atomic E-state index is -0.975. The van der Waals surface area contributed by atoms with Crippen molar-refractivity contribution in [2.75, 3.05) is 0 Å². The quantitative estimate of drug-likeness (QED) is 0.388. The zero-order valence-electron chi connectivity index (χ0n) is 8.61. The molecule has 0 amide bonds. The fourth-order valence-electron chi connectivity index (χ4n) is 0.513. The number of isocyanates is 2. The fraction of sp³-hybridized carbons (Fsp3) is 0.750. The molecule has 0 fully saturated rings. The van der Waals surface area contributed by atoms with Gasteiger partial charge in [-0.3, -0.25) is 0 Å². The molecule has 6 nitrogen and oxygen atoms in total. The van der Waals surface area contributed by atoms with Crippen molar-refractivity contribution in [3.8, 4) is 0 Å². The van der Waals surface area contributed by atoms with Gasteiger partial charge in [-0.2, -0.15) is 20.2 Å². The van der Waals surface area contributed by atoms with Crippen LogP contribution in [0.4, 0.5) is 0 Å². The summed E-state index contributed by atoms with van der Waals surface area (Å²) in [6.45, 7) is 6.34. The van der Waals surface area contributed by atoms with E-state index in [1.165, 1.54) is 12.2 Å². The molecule has 0 saturated carbocycles. The van der Waals surface area contributed by atoms with Crippen LogP contribution in [0.25, 0.3) is 0 Å². The van der Waals surface area contributed by atoms with Gasteiger partial charge in [0.1, 0.15) is 0 Å². The van der Waals surface area contributed by atoms with E-state index >= 15 is 0 Å². The number of azo groups is 1. The molecule has 76 valence electrons. The monoisotopic (exact) mass is 196 g/mol. The van der Waals surface area contributed by atoms with Crippen LogP contribution in [-0.4, -0.2) is 23.5 Å². The first-order chi connectivity index (χ1) is 6.33. The summed E-state index contributed by atoms with van der Waals surface area (Å²) in [4.78, 5) is 26.8. The van der Waals surface area contributed by atoms with Gasteiger partial charge in [-0.25, -0.2) is 9.59 Å². The number of aliphatic imine (C=N–C) groups is 2. The van der Waals surface area contributed by atoms with Crippen molar-refractivity contribution >= 4 is 12.2 Å². The van der Waals surface area contributed by atoms with Gasteiger partial charge in [-0.1, -0.05) is 0 Å². The van der Waals surface area contributed by atoms with E-state index in [1.54, 1.807) is 27.7 Å². The molecule has 0 aliphatic carbocycles. The number of nitrogens with zero attached hydrogens (tertiary/aromatic N) is 4. The molecule has 6 heteroatoms. The Morgan fingerprint density at radius 3 is 1.29 bits per heavy atom. The standard InChI is InChI=1S/C8H12N4O2/c1-7(2,9-5-13)11-12-8(3,4)10-6-14/h1-4H3. The Kier molecular flexibility index (Phi) is 4.02. The Bertz CT molecular complexity index is 288. The Balaban J connectivity index is 4.74. The summed E-state index contributed by atoms with van der Waals surface area (Å²) in [6, 6.07) is 0. The van der Waals surface area contributed by atoms with E-state index in [1.807, 2.05) is 0 Å². The smallest absolute Gasteiger partial charge is 0.211 e. The van der Waals surface area contributed by atoms with Gasteiger partial charge in [0.05, 0.1) is 0 Å². The zero-order chi connectivity index (χ0) is 11.2. The highest BCUT2D eigenvalue weighted by molar-refractivity contribution is 5.34. The molecular weight excluding hydrogens is 184 g/mol. The SMILES string of the molecule is CC(C)(N=C=O)N=NC(C)(C)N=C=O. The molecule has 14 heavy (non-hydrogen) atoms. The second-order valence-corrected chi connectivity index (χ2v) is 3.60. The van der Waals surface area contributed by atoms with Crippen molar-refractivity contribution in [3.05, 3.63) is 0 Å². The number of carbonyl (C=O) groups excluding carboxylic acids is 2. The molecule has 0 rings (SSSR count). The first kappa shape index (κ1) is 12.4. The summed E-state index contributed by atoms with van der Waals surface area (Å²) in [6.07, 6.45) is 2.78. The van der Waals surface area contributed by atoms with Crippen LogP contribution in [0.3, 0.4) is 0 Å². The highest BCUT2D eigenvalue weighted by Crippen LogP contribution is 2.16. The third-order valence-electron chi connectivity index (χ3n) is 1.18. The lowest BCUT2D eigenvalue weighted by Gasteiger charge is -2.13. The number of rotatable bonds is 4. The lowest BCUT2D eigenvalue weighted by Crippen LogP contribution is -2.17. The zero-order valence-corrected chi connectivity index (χ0v) is 8.61.